The number of benzene rings is 1. The first-order valence-corrected chi connectivity index (χ1v) is 7.89. The van der Waals surface area contributed by atoms with Crippen LogP contribution in [-0.2, 0) is 16.0 Å². The summed E-state index contributed by atoms with van der Waals surface area (Å²) in [6, 6.07) is 3.75. The van der Waals surface area contributed by atoms with E-state index in [4.69, 9.17) is 30.5 Å². The van der Waals surface area contributed by atoms with Gasteiger partial charge in [-0.25, -0.2) is 0 Å². The monoisotopic (exact) mass is 329 g/mol. The van der Waals surface area contributed by atoms with Crippen molar-refractivity contribution in [2.24, 2.45) is 0 Å². The molecule has 1 aliphatic heterocycles. The molecule has 124 valence electrons. The van der Waals surface area contributed by atoms with Crippen LogP contribution in [0, 0.1) is 0 Å². The van der Waals surface area contributed by atoms with Crippen molar-refractivity contribution in [1.82, 2.24) is 4.90 Å². The zero-order valence-corrected chi connectivity index (χ0v) is 14.2. The molecule has 0 N–H and O–H groups in total. The molecule has 0 bridgehead atoms. The van der Waals surface area contributed by atoms with Crippen LogP contribution in [0.4, 0.5) is 0 Å². The minimum atomic E-state index is 0.113. The van der Waals surface area contributed by atoms with Crippen LogP contribution in [0.2, 0.25) is 5.02 Å². The topological polar surface area (TPSA) is 40.2 Å². The van der Waals surface area contributed by atoms with Gasteiger partial charge in [-0.3, -0.25) is 4.90 Å². The first-order valence-electron chi connectivity index (χ1n) is 7.51. The molecule has 6 heteroatoms. The summed E-state index contributed by atoms with van der Waals surface area (Å²) in [6.07, 6.45) is 0.113. The highest BCUT2D eigenvalue weighted by Gasteiger charge is 2.18. The average Bonchev–Trinajstić information content (AvgIpc) is 2.51. The molecule has 22 heavy (non-hydrogen) atoms. The maximum Gasteiger partial charge on any atom is 0.162 e. The summed E-state index contributed by atoms with van der Waals surface area (Å²) in [4.78, 5) is 2.17. The highest BCUT2D eigenvalue weighted by atomic mass is 35.5. The van der Waals surface area contributed by atoms with E-state index in [1.807, 2.05) is 20.0 Å². The van der Waals surface area contributed by atoms with Crippen LogP contribution in [0.15, 0.2) is 12.1 Å². The number of methoxy groups -OCH3 is 1. The quantitative estimate of drug-likeness (QED) is 0.769. The van der Waals surface area contributed by atoms with E-state index >= 15 is 0 Å². The van der Waals surface area contributed by atoms with Crippen molar-refractivity contribution in [3.05, 3.63) is 22.7 Å². The first-order chi connectivity index (χ1) is 10.6. The standard InChI is InChI=1S/C16H24ClNO4/c1-4-21-16-7-12(14(17)8-15(16)19-3)9-18(2)10-13-11-20-5-6-22-13/h7-8,13H,4-6,9-11H2,1-3H3/t13-/m1/s1. The second-order valence-electron chi connectivity index (χ2n) is 5.29. The van der Waals surface area contributed by atoms with Crippen LogP contribution < -0.4 is 9.47 Å². The summed E-state index contributed by atoms with van der Waals surface area (Å²) in [6.45, 7) is 6.03. The van der Waals surface area contributed by atoms with Gasteiger partial charge in [0.05, 0.1) is 39.6 Å². The van der Waals surface area contributed by atoms with Crippen LogP contribution in [0.5, 0.6) is 11.5 Å². The molecule has 0 radical (unpaired) electrons. The Balaban J connectivity index is 2.02. The van der Waals surface area contributed by atoms with Crippen molar-refractivity contribution in [1.29, 1.82) is 0 Å². The van der Waals surface area contributed by atoms with Gasteiger partial charge in [0.2, 0.25) is 0 Å². The van der Waals surface area contributed by atoms with Crippen molar-refractivity contribution < 1.29 is 18.9 Å². The third-order valence-electron chi connectivity index (χ3n) is 3.47. The number of hydrogen-bond acceptors (Lipinski definition) is 5. The molecule has 0 amide bonds. The summed E-state index contributed by atoms with van der Waals surface area (Å²) in [5, 5.41) is 0.674. The molecule has 1 aromatic rings. The van der Waals surface area contributed by atoms with Gasteiger partial charge in [0.15, 0.2) is 11.5 Å². The van der Waals surface area contributed by atoms with E-state index in [9.17, 15) is 0 Å². The van der Waals surface area contributed by atoms with E-state index in [1.54, 1.807) is 13.2 Å². The van der Waals surface area contributed by atoms with E-state index in [2.05, 4.69) is 4.90 Å². The Kier molecular flexibility index (Phi) is 6.76. The molecular weight excluding hydrogens is 306 g/mol. The second kappa shape index (κ2) is 8.58. The maximum absolute atomic E-state index is 6.35. The number of rotatable bonds is 7. The predicted molar refractivity (Wildman–Crippen MR) is 86.1 cm³/mol. The van der Waals surface area contributed by atoms with Crippen LogP contribution in [0.1, 0.15) is 12.5 Å². The lowest BCUT2D eigenvalue weighted by atomic mass is 10.1. The Hall–Kier alpha value is -1.01. The number of likely N-dealkylation sites (N-methyl/N-ethyl adjacent to an activating group) is 1. The van der Waals surface area contributed by atoms with Crippen molar-refractivity contribution in [2.45, 2.75) is 19.6 Å². The van der Waals surface area contributed by atoms with Crippen LogP contribution in [0.3, 0.4) is 0 Å². The van der Waals surface area contributed by atoms with Crippen LogP contribution in [-0.4, -0.2) is 58.1 Å². The van der Waals surface area contributed by atoms with Gasteiger partial charge in [-0.2, -0.15) is 0 Å². The number of halogens is 1. The Morgan fingerprint density at radius 2 is 2.14 bits per heavy atom. The summed E-state index contributed by atoms with van der Waals surface area (Å²) in [5.74, 6) is 1.37. The molecule has 1 saturated heterocycles. The zero-order valence-electron chi connectivity index (χ0n) is 13.4. The maximum atomic E-state index is 6.35. The first kappa shape index (κ1) is 17.3. The van der Waals surface area contributed by atoms with E-state index in [0.717, 1.165) is 17.9 Å². The molecule has 1 fully saturated rings. The van der Waals surface area contributed by atoms with Gasteiger partial charge >= 0.3 is 0 Å². The molecular formula is C16H24ClNO4. The molecule has 1 aromatic carbocycles. The molecule has 1 atom stereocenters. The fourth-order valence-corrected chi connectivity index (χ4v) is 2.68. The summed E-state index contributed by atoms with van der Waals surface area (Å²) >= 11 is 6.35. The Morgan fingerprint density at radius 3 is 2.77 bits per heavy atom. The predicted octanol–water partition coefficient (Wildman–Crippen LogP) is 2.59. The van der Waals surface area contributed by atoms with Crippen LogP contribution in [0.25, 0.3) is 0 Å². The highest BCUT2D eigenvalue weighted by molar-refractivity contribution is 6.31. The van der Waals surface area contributed by atoms with E-state index in [-0.39, 0.29) is 6.10 Å². The molecule has 0 unspecified atom stereocenters. The molecule has 0 aromatic heterocycles. The van der Waals surface area contributed by atoms with Crippen LogP contribution >= 0.6 is 11.6 Å². The van der Waals surface area contributed by atoms with Crippen molar-refractivity contribution in [3.8, 4) is 11.5 Å². The molecule has 1 heterocycles. The van der Waals surface area contributed by atoms with E-state index < -0.39 is 0 Å². The van der Waals surface area contributed by atoms with E-state index in [0.29, 0.717) is 43.7 Å². The number of ether oxygens (including phenoxy) is 4. The smallest absolute Gasteiger partial charge is 0.162 e. The van der Waals surface area contributed by atoms with Gasteiger partial charge in [-0.15, -0.1) is 0 Å². The summed E-state index contributed by atoms with van der Waals surface area (Å²) < 4.78 is 22.0. The number of hydrogen-bond donors (Lipinski definition) is 0. The SMILES string of the molecule is CCOc1cc(CN(C)C[C@@H]2COCCO2)c(Cl)cc1OC. The number of nitrogens with zero attached hydrogens (tertiary/aromatic N) is 1. The normalized spacial score (nSPS) is 18.5. The lowest BCUT2D eigenvalue weighted by Gasteiger charge is -2.27. The molecule has 0 spiro atoms. The third-order valence-corrected chi connectivity index (χ3v) is 3.82. The zero-order chi connectivity index (χ0) is 15.9. The molecule has 0 aliphatic carbocycles. The molecule has 1 aliphatic rings. The summed E-state index contributed by atoms with van der Waals surface area (Å²) in [5.41, 5.74) is 1.00. The molecule has 2 rings (SSSR count). The van der Waals surface area contributed by atoms with Gasteiger partial charge in [-0.05, 0) is 25.6 Å². The Labute approximate surface area is 137 Å². The Bertz CT molecular complexity index is 477. The van der Waals surface area contributed by atoms with Gasteiger partial charge in [0.25, 0.3) is 0 Å². The molecule has 5 nitrogen and oxygen atoms in total. The minimum absolute atomic E-state index is 0.113. The van der Waals surface area contributed by atoms with Gasteiger partial charge in [0, 0.05) is 24.2 Å². The van der Waals surface area contributed by atoms with Gasteiger partial charge in [0.1, 0.15) is 0 Å². The van der Waals surface area contributed by atoms with E-state index in [1.165, 1.54) is 0 Å². The average molecular weight is 330 g/mol. The third kappa shape index (κ3) is 4.74. The fraction of sp³-hybridized carbons (Fsp3) is 0.625. The fourth-order valence-electron chi connectivity index (χ4n) is 2.47. The largest absolute Gasteiger partial charge is 0.493 e. The van der Waals surface area contributed by atoms with Crippen molar-refractivity contribution >= 4 is 11.6 Å². The minimum Gasteiger partial charge on any atom is -0.493 e. The van der Waals surface area contributed by atoms with Gasteiger partial charge < -0.3 is 18.9 Å². The molecule has 0 saturated carbocycles. The highest BCUT2D eigenvalue weighted by Crippen LogP contribution is 2.33. The lowest BCUT2D eigenvalue weighted by Crippen LogP contribution is -2.38. The summed E-state index contributed by atoms with van der Waals surface area (Å²) in [7, 11) is 3.65. The lowest BCUT2D eigenvalue weighted by molar-refractivity contribution is -0.0962. The van der Waals surface area contributed by atoms with Crippen molar-refractivity contribution in [3.63, 3.8) is 0 Å². The van der Waals surface area contributed by atoms with Gasteiger partial charge in [-0.1, -0.05) is 11.6 Å². The Morgan fingerprint density at radius 1 is 1.32 bits per heavy atom. The van der Waals surface area contributed by atoms with Crippen molar-refractivity contribution in [2.75, 3.05) is 47.1 Å². The second-order valence-corrected chi connectivity index (χ2v) is 5.70.